The van der Waals surface area contributed by atoms with Gasteiger partial charge >= 0.3 is 0 Å². The molecule has 1 aromatic rings. The third-order valence-corrected chi connectivity index (χ3v) is 4.84. The molecule has 1 atom stereocenters. The summed E-state index contributed by atoms with van der Waals surface area (Å²) in [5, 5.41) is 1.10. The lowest BCUT2D eigenvalue weighted by Crippen LogP contribution is -2.39. The second-order valence-corrected chi connectivity index (χ2v) is 6.33. The van der Waals surface area contributed by atoms with E-state index in [1.165, 1.54) is 11.5 Å². The lowest BCUT2D eigenvalue weighted by atomic mass is 10.1. The van der Waals surface area contributed by atoms with Crippen molar-refractivity contribution in [2.24, 2.45) is 0 Å². The monoisotopic (exact) mass is 290 g/mol. The van der Waals surface area contributed by atoms with Crippen LogP contribution in [-0.4, -0.2) is 29.0 Å². The number of benzene rings is 1. The number of thioether (sulfide) groups is 1. The molecule has 2 nitrogen and oxygen atoms in total. The van der Waals surface area contributed by atoms with E-state index in [2.05, 4.69) is 11.8 Å². The normalized spacial score (nSPS) is 21.7. The Morgan fingerprint density at radius 1 is 1.41 bits per heavy atom. The van der Waals surface area contributed by atoms with E-state index < -0.39 is 0 Å². The second-order valence-electron chi connectivity index (χ2n) is 4.37. The molecule has 0 aliphatic carbocycles. The fraction of sp³-hybridized carbons (Fsp3) is 0.500. The standard InChI is InChI=1S/C12H16Cl2N2S/c1-8-7-17-3-2-16(8)6-9-4-10(13)12(15)11(14)5-9/h4-5,8H,2-3,6-7,15H2,1H3. The van der Waals surface area contributed by atoms with Crippen LogP contribution in [0, 0.1) is 0 Å². The first kappa shape index (κ1) is 13.3. The maximum atomic E-state index is 6.04. The minimum absolute atomic E-state index is 0.472. The molecule has 2 rings (SSSR count). The fourth-order valence-electron chi connectivity index (χ4n) is 1.96. The van der Waals surface area contributed by atoms with Crippen molar-refractivity contribution in [1.82, 2.24) is 4.90 Å². The zero-order valence-electron chi connectivity index (χ0n) is 9.75. The van der Waals surface area contributed by atoms with Crippen molar-refractivity contribution in [2.45, 2.75) is 19.5 Å². The summed E-state index contributed by atoms with van der Waals surface area (Å²) in [6.07, 6.45) is 0. The van der Waals surface area contributed by atoms with Gasteiger partial charge in [-0.2, -0.15) is 11.8 Å². The summed E-state index contributed by atoms with van der Waals surface area (Å²) in [5.41, 5.74) is 7.33. The van der Waals surface area contributed by atoms with Crippen molar-refractivity contribution in [1.29, 1.82) is 0 Å². The second kappa shape index (κ2) is 5.70. The van der Waals surface area contributed by atoms with Crippen LogP contribution in [0.1, 0.15) is 12.5 Å². The molecule has 1 aliphatic heterocycles. The first-order valence-corrected chi connectivity index (χ1v) is 7.54. The van der Waals surface area contributed by atoms with Crippen molar-refractivity contribution in [2.75, 3.05) is 23.8 Å². The number of rotatable bonds is 2. The van der Waals surface area contributed by atoms with Crippen molar-refractivity contribution in [3.63, 3.8) is 0 Å². The Hall–Kier alpha value is -0.0900. The molecule has 17 heavy (non-hydrogen) atoms. The first-order valence-electron chi connectivity index (χ1n) is 5.63. The SMILES string of the molecule is CC1CSCCN1Cc1cc(Cl)c(N)c(Cl)c1. The Morgan fingerprint density at radius 3 is 2.65 bits per heavy atom. The third kappa shape index (κ3) is 3.22. The molecule has 94 valence electrons. The van der Waals surface area contributed by atoms with Crippen molar-refractivity contribution in [3.8, 4) is 0 Å². The maximum Gasteiger partial charge on any atom is 0.0693 e. The van der Waals surface area contributed by atoms with E-state index in [9.17, 15) is 0 Å². The third-order valence-electron chi connectivity index (χ3n) is 3.03. The van der Waals surface area contributed by atoms with E-state index >= 15 is 0 Å². The summed E-state index contributed by atoms with van der Waals surface area (Å²) in [7, 11) is 0. The van der Waals surface area contributed by atoms with Crippen LogP contribution in [0.2, 0.25) is 10.0 Å². The van der Waals surface area contributed by atoms with Gasteiger partial charge in [0, 0.05) is 30.6 Å². The summed E-state index contributed by atoms with van der Waals surface area (Å²) in [4.78, 5) is 2.45. The molecule has 1 aliphatic rings. The smallest absolute Gasteiger partial charge is 0.0693 e. The Bertz CT molecular complexity index is 388. The van der Waals surface area contributed by atoms with Gasteiger partial charge in [0.15, 0.2) is 0 Å². The minimum atomic E-state index is 0.472. The zero-order valence-corrected chi connectivity index (χ0v) is 12.1. The van der Waals surface area contributed by atoms with Gasteiger partial charge in [0.05, 0.1) is 15.7 Å². The highest BCUT2D eigenvalue weighted by molar-refractivity contribution is 7.99. The van der Waals surface area contributed by atoms with E-state index in [1.54, 1.807) is 0 Å². The fourth-order valence-corrected chi connectivity index (χ4v) is 3.57. The Kier molecular flexibility index (Phi) is 4.47. The van der Waals surface area contributed by atoms with Gasteiger partial charge in [-0.3, -0.25) is 4.90 Å². The average Bonchev–Trinajstić information content (AvgIpc) is 2.29. The van der Waals surface area contributed by atoms with Gasteiger partial charge in [0.2, 0.25) is 0 Å². The molecule has 1 aromatic carbocycles. The molecule has 0 bridgehead atoms. The molecule has 5 heteroatoms. The van der Waals surface area contributed by atoms with E-state index in [1.807, 2.05) is 23.9 Å². The summed E-state index contributed by atoms with van der Waals surface area (Å²) < 4.78 is 0. The van der Waals surface area contributed by atoms with Crippen LogP contribution in [-0.2, 0) is 6.54 Å². The lowest BCUT2D eigenvalue weighted by Gasteiger charge is -2.33. The molecule has 1 heterocycles. The number of hydrogen-bond donors (Lipinski definition) is 1. The Labute approximate surface area is 116 Å². The van der Waals surface area contributed by atoms with Crippen LogP contribution in [0.25, 0.3) is 0 Å². The summed E-state index contributed by atoms with van der Waals surface area (Å²) in [6.45, 7) is 4.26. The predicted octanol–water partition coefficient (Wildman–Crippen LogP) is 3.51. The van der Waals surface area contributed by atoms with Crippen LogP contribution in [0.15, 0.2) is 12.1 Å². The van der Waals surface area contributed by atoms with Gasteiger partial charge in [-0.25, -0.2) is 0 Å². The van der Waals surface area contributed by atoms with Crippen LogP contribution in [0.5, 0.6) is 0 Å². The summed E-state index contributed by atoms with van der Waals surface area (Å²) >= 11 is 14.1. The predicted molar refractivity (Wildman–Crippen MR) is 78.1 cm³/mol. The van der Waals surface area contributed by atoms with Gasteiger partial charge in [0.1, 0.15) is 0 Å². The van der Waals surface area contributed by atoms with Gasteiger partial charge in [-0.15, -0.1) is 0 Å². The largest absolute Gasteiger partial charge is 0.396 e. The van der Waals surface area contributed by atoms with Crippen LogP contribution in [0.4, 0.5) is 5.69 Å². The van der Waals surface area contributed by atoms with E-state index in [0.29, 0.717) is 21.8 Å². The van der Waals surface area contributed by atoms with Crippen LogP contribution < -0.4 is 5.73 Å². The Balaban J connectivity index is 2.12. The average molecular weight is 291 g/mol. The van der Waals surface area contributed by atoms with Gasteiger partial charge < -0.3 is 5.73 Å². The molecule has 2 N–H and O–H groups in total. The molecule has 1 unspecified atom stereocenters. The number of anilines is 1. The molecule has 1 saturated heterocycles. The van der Waals surface area contributed by atoms with Gasteiger partial charge in [-0.1, -0.05) is 23.2 Å². The highest BCUT2D eigenvalue weighted by Gasteiger charge is 2.19. The van der Waals surface area contributed by atoms with Crippen molar-refractivity contribution in [3.05, 3.63) is 27.7 Å². The highest BCUT2D eigenvalue weighted by Crippen LogP contribution is 2.30. The highest BCUT2D eigenvalue weighted by atomic mass is 35.5. The van der Waals surface area contributed by atoms with Crippen molar-refractivity contribution >= 4 is 40.7 Å². The van der Waals surface area contributed by atoms with E-state index in [0.717, 1.165) is 18.7 Å². The van der Waals surface area contributed by atoms with Crippen molar-refractivity contribution < 1.29 is 0 Å². The molecular weight excluding hydrogens is 275 g/mol. The quantitative estimate of drug-likeness (QED) is 0.845. The topological polar surface area (TPSA) is 29.3 Å². The number of hydrogen-bond acceptors (Lipinski definition) is 3. The number of nitrogens with two attached hydrogens (primary N) is 1. The number of halogens is 2. The molecule has 0 saturated carbocycles. The van der Waals surface area contributed by atoms with Crippen LogP contribution >= 0.6 is 35.0 Å². The molecule has 1 fully saturated rings. The lowest BCUT2D eigenvalue weighted by molar-refractivity contribution is 0.224. The van der Waals surface area contributed by atoms with E-state index in [-0.39, 0.29) is 0 Å². The molecule has 0 radical (unpaired) electrons. The van der Waals surface area contributed by atoms with Gasteiger partial charge in [-0.05, 0) is 24.6 Å². The first-order chi connectivity index (χ1) is 8.08. The number of nitrogen functional groups attached to an aromatic ring is 1. The van der Waals surface area contributed by atoms with Gasteiger partial charge in [0.25, 0.3) is 0 Å². The van der Waals surface area contributed by atoms with E-state index in [4.69, 9.17) is 28.9 Å². The zero-order chi connectivity index (χ0) is 12.4. The summed E-state index contributed by atoms with van der Waals surface area (Å²) in [6, 6.07) is 4.43. The number of nitrogens with zero attached hydrogens (tertiary/aromatic N) is 1. The minimum Gasteiger partial charge on any atom is -0.396 e. The molecular formula is C12H16Cl2N2S. The summed E-state index contributed by atoms with van der Waals surface area (Å²) in [5.74, 6) is 2.39. The molecule has 0 spiro atoms. The molecule has 0 aromatic heterocycles. The van der Waals surface area contributed by atoms with Crippen LogP contribution in [0.3, 0.4) is 0 Å². The Morgan fingerprint density at radius 2 is 2.06 bits per heavy atom. The molecule has 0 amide bonds. The maximum absolute atomic E-state index is 6.04.